The van der Waals surface area contributed by atoms with E-state index in [0.29, 0.717) is 16.7 Å². The molecule has 2 aromatic heterocycles. The summed E-state index contributed by atoms with van der Waals surface area (Å²) in [7, 11) is 0. The molecule has 0 spiro atoms. The molecule has 0 saturated heterocycles. The summed E-state index contributed by atoms with van der Waals surface area (Å²) in [5.41, 5.74) is 1.40. The Morgan fingerprint density at radius 3 is 2.16 bits per heavy atom. The van der Waals surface area contributed by atoms with Crippen molar-refractivity contribution >= 4 is 23.2 Å². The first-order chi connectivity index (χ1) is 18.3. The molecule has 3 aromatic carbocycles. The Morgan fingerprint density at radius 2 is 1.50 bits per heavy atom. The van der Waals surface area contributed by atoms with Gasteiger partial charge in [-0.2, -0.15) is 13.2 Å². The third-order valence-electron chi connectivity index (χ3n) is 5.94. The van der Waals surface area contributed by atoms with Gasteiger partial charge in [0.05, 0.1) is 16.5 Å². The van der Waals surface area contributed by atoms with E-state index in [1.54, 1.807) is 48.6 Å². The van der Waals surface area contributed by atoms with Gasteiger partial charge in [-0.25, -0.2) is 4.98 Å². The van der Waals surface area contributed by atoms with E-state index in [0.717, 1.165) is 22.4 Å². The first-order valence-electron chi connectivity index (χ1n) is 11.7. The van der Waals surface area contributed by atoms with Gasteiger partial charge >= 0.3 is 6.18 Å². The van der Waals surface area contributed by atoms with Crippen LogP contribution in [0, 0.1) is 0 Å². The maximum Gasteiger partial charge on any atom is 0.416 e. The summed E-state index contributed by atoms with van der Waals surface area (Å²) >= 11 is 0. The summed E-state index contributed by atoms with van der Waals surface area (Å²) < 4.78 is 39.6. The molecule has 0 aliphatic rings. The van der Waals surface area contributed by atoms with Gasteiger partial charge in [0.1, 0.15) is 12.4 Å². The van der Waals surface area contributed by atoms with Gasteiger partial charge in [-0.15, -0.1) is 4.73 Å². The maximum absolute atomic E-state index is 13.5. The molecule has 2 heterocycles. The van der Waals surface area contributed by atoms with Gasteiger partial charge in [0.25, 0.3) is 5.56 Å². The van der Waals surface area contributed by atoms with Crippen LogP contribution in [0.25, 0.3) is 34.3 Å². The van der Waals surface area contributed by atoms with Crippen molar-refractivity contribution < 1.29 is 23.1 Å². The molecule has 0 aliphatic heterocycles. The van der Waals surface area contributed by atoms with Crippen LogP contribution in [0.3, 0.4) is 0 Å². The van der Waals surface area contributed by atoms with Crippen LogP contribution >= 0.6 is 0 Å². The van der Waals surface area contributed by atoms with E-state index in [9.17, 15) is 23.1 Å². The first kappa shape index (κ1) is 24.8. The van der Waals surface area contributed by atoms with Gasteiger partial charge in [-0.3, -0.25) is 4.79 Å². The number of pyridine rings is 2. The molecule has 0 aliphatic carbocycles. The standard InChI is InChI=1S/C30H21F3N2O3/c31-30(32,33)24-15-13-20(14-16-24)11-12-22-17-25-27(36)26(23-9-5-2-6-10-23)29(37)35(28(25)34-18-22)38-19-21-7-3-1-4-8-21/h1-18,36H,19H2. The number of rotatable bonds is 6. The summed E-state index contributed by atoms with van der Waals surface area (Å²) in [6.07, 6.45) is 0.389. The van der Waals surface area contributed by atoms with Gasteiger partial charge in [0.15, 0.2) is 5.65 Å². The number of halogens is 3. The summed E-state index contributed by atoms with van der Waals surface area (Å²) in [6.45, 7) is 0.103. The lowest BCUT2D eigenvalue weighted by Gasteiger charge is -2.15. The number of aromatic hydroxyl groups is 1. The fraction of sp³-hybridized carbons (Fsp3) is 0.0667. The Kier molecular flexibility index (Phi) is 6.70. The van der Waals surface area contributed by atoms with Crippen LogP contribution in [0.1, 0.15) is 22.3 Å². The Morgan fingerprint density at radius 1 is 0.868 bits per heavy atom. The predicted molar refractivity (Wildman–Crippen MR) is 140 cm³/mol. The molecule has 0 radical (unpaired) electrons. The third-order valence-corrected chi connectivity index (χ3v) is 5.94. The Labute approximate surface area is 215 Å². The van der Waals surface area contributed by atoms with Crippen LogP contribution in [0.15, 0.2) is 102 Å². The maximum atomic E-state index is 13.5. The van der Waals surface area contributed by atoms with E-state index in [1.807, 2.05) is 30.3 Å². The average molecular weight is 515 g/mol. The van der Waals surface area contributed by atoms with Crippen LogP contribution in [0.5, 0.6) is 5.75 Å². The van der Waals surface area contributed by atoms with E-state index >= 15 is 0 Å². The van der Waals surface area contributed by atoms with Gasteiger partial charge in [0.2, 0.25) is 0 Å². The second-order valence-corrected chi connectivity index (χ2v) is 8.54. The van der Waals surface area contributed by atoms with Crippen LogP contribution in [0.4, 0.5) is 13.2 Å². The number of hydrogen-bond donors (Lipinski definition) is 1. The van der Waals surface area contributed by atoms with Crippen molar-refractivity contribution in [3.63, 3.8) is 0 Å². The highest BCUT2D eigenvalue weighted by atomic mass is 19.4. The van der Waals surface area contributed by atoms with Crippen molar-refractivity contribution in [1.82, 2.24) is 9.71 Å². The molecule has 38 heavy (non-hydrogen) atoms. The number of aromatic nitrogens is 2. The fourth-order valence-corrected chi connectivity index (χ4v) is 4.01. The fourth-order valence-electron chi connectivity index (χ4n) is 4.01. The molecule has 0 bridgehead atoms. The van der Waals surface area contributed by atoms with E-state index in [1.165, 1.54) is 18.3 Å². The molecule has 0 saturated carbocycles. The van der Waals surface area contributed by atoms with Crippen molar-refractivity contribution in [3.05, 3.63) is 130 Å². The smallest absolute Gasteiger partial charge is 0.416 e. The van der Waals surface area contributed by atoms with Crippen molar-refractivity contribution in [2.75, 3.05) is 0 Å². The summed E-state index contributed by atoms with van der Waals surface area (Å²) in [5, 5.41) is 11.5. The van der Waals surface area contributed by atoms with Crippen LogP contribution in [-0.4, -0.2) is 14.8 Å². The second kappa shape index (κ2) is 10.3. The number of hydrogen-bond acceptors (Lipinski definition) is 4. The normalized spacial score (nSPS) is 11.8. The van der Waals surface area contributed by atoms with Gasteiger partial charge in [-0.1, -0.05) is 84.9 Å². The topological polar surface area (TPSA) is 64.3 Å². The summed E-state index contributed by atoms with van der Waals surface area (Å²) in [6, 6.07) is 24.5. The zero-order chi connectivity index (χ0) is 26.7. The predicted octanol–water partition coefficient (Wildman–Crippen LogP) is 6.59. The number of nitrogens with zero attached hydrogens (tertiary/aromatic N) is 2. The molecule has 0 unspecified atom stereocenters. The molecule has 0 amide bonds. The van der Waals surface area contributed by atoms with Gasteiger partial charge < -0.3 is 9.94 Å². The van der Waals surface area contributed by atoms with Crippen LogP contribution in [-0.2, 0) is 12.8 Å². The van der Waals surface area contributed by atoms with Crippen LogP contribution in [0.2, 0.25) is 0 Å². The summed E-state index contributed by atoms with van der Waals surface area (Å²) in [4.78, 5) is 23.7. The monoisotopic (exact) mass is 514 g/mol. The highest BCUT2D eigenvalue weighted by Crippen LogP contribution is 2.33. The third kappa shape index (κ3) is 5.15. The van der Waals surface area contributed by atoms with E-state index in [-0.39, 0.29) is 29.0 Å². The molecule has 190 valence electrons. The van der Waals surface area contributed by atoms with E-state index in [2.05, 4.69) is 4.98 Å². The highest BCUT2D eigenvalue weighted by molar-refractivity contribution is 5.91. The van der Waals surface area contributed by atoms with Crippen molar-refractivity contribution in [2.24, 2.45) is 0 Å². The minimum absolute atomic E-state index is 0.0665. The second-order valence-electron chi connectivity index (χ2n) is 8.54. The number of alkyl halides is 3. The molecular formula is C30H21F3N2O3. The Bertz CT molecular complexity index is 1660. The highest BCUT2D eigenvalue weighted by Gasteiger charge is 2.29. The SMILES string of the molecule is O=c1c(-c2ccccc2)c(O)c2cc(C=Cc3ccc(C(F)(F)F)cc3)cnc2n1OCc1ccccc1. The Balaban J connectivity index is 1.57. The van der Waals surface area contributed by atoms with Crippen LogP contribution < -0.4 is 10.4 Å². The summed E-state index contributed by atoms with van der Waals surface area (Å²) in [5.74, 6) is -0.243. The van der Waals surface area contributed by atoms with E-state index in [4.69, 9.17) is 4.84 Å². The molecule has 8 heteroatoms. The minimum atomic E-state index is -4.41. The Hall–Kier alpha value is -4.85. The molecule has 0 atom stereocenters. The number of benzene rings is 3. The molecule has 0 fully saturated rings. The number of fused-ring (bicyclic) bond motifs is 1. The average Bonchev–Trinajstić information content (AvgIpc) is 2.93. The molecule has 1 N–H and O–H groups in total. The molecule has 5 nitrogen and oxygen atoms in total. The minimum Gasteiger partial charge on any atom is -0.506 e. The van der Waals surface area contributed by atoms with Gasteiger partial charge in [0, 0.05) is 6.20 Å². The van der Waals surface area contributed by atoms with E-state index < -0.39 is 17.3 Å². The molecule has 5 rings (SSSR count). The van der Waals surface area contributed by atoms with Crippen molar-refractivity contribution in [3.8, 4) is 16.9 Å². The molecule has 5 aromatic rings. The zero-order valence-electron chi connectivity index (χ0n) is 19.9. The van der Waals surface area contributed by atoms with Crippen molar-refractivity contribution in [1.29, 1.82) is 0 Å². The lowest BCUT2D eigenvalue weighted by molar-refractivity contribution is -0.137. The zero-order valence-corrected chi connectivity index (χ0v) is 19.9. The largest absolute Gasteiger partial charge is 0.506 e. The lowest BCUT2D eigenvalue weighted by atomic mass is 10.0. The van der Waals surface area contributed by atoms with Gasteiger partial charge in [-0.05, 0) is 40.5 Å². The van der Waals surface area contributed by atoms with Crippen molar-refractivity contribution in [2.45, 2.75) is 12.8 Å². The quantitative estimate of drug-likeness (QED) is 0.278. The first-order valence-corrected chi connectivity index (χ1v) is 11.7. The lowest BCUT2D eigenvalue weighted by Crippen LogP contribution is -2.29. The molecular weight excluding hydrogens is 493 g/mol.